The number of carbonyl (C=O) groups excluding carboxylic acids is 1. The first-order valence-electron chi connectivity index (χ1n) is 8.77. The molecule has 1 aliphatic carbocycles. The topological polar surface area (TPSA) is 46.1 Å². The summed E-state index contributed by atoms with van der Waals surface area (Å²) in [6, 6.07) is 10.6. The lowest BCUT2D eigenvalue weighted by Crippen LogP contribution is -2.44. The van der Waals surface area contributed by atoms with E-state index in [0.717, 1.165) is 31.6 Å². The van der Waals surface area contributed by atoms with Gasteiger partial charge in [-0.1, -0.05) is 24.3 Å². The zero-order valence-corrected chi connectivity index (χ0v) is 14.4. The average Bonchev–Trinajstić information content (AvgIpc) is 2.93. The summed E-state index contributed by atoms with van der Waals surface area (Å²) < 4.78 is 0. The summed E-state index contributed by atoms with van der Waals surface area (Å²) in [5.74, 6) is 0.710. The molecule has 124 valence electrons. The molecular formula is C20H23N3O. The number of aryl methyl sites for hydroxylation is 3. The lowest BCUT2D eigenvalue weighted by Gasteiger charge is -2.40. The van der Waals surface area contributed by atoms with Crippen molar-refractivity contribution >= 4 is 5.91 Å². The second-order valence-corrected chi connectivity index (χ2v) is 7.17. The number of amides is 1. The summed E-state index contributed by atoms with van der Waals surface area (Å²) in [6.45, 7) is 5.38. The Morgan fingerprint density at radius 2 is 1.83 bits per heavy atom. The van der Waals surface area contributed by atoms with Crippen molar-refractivity contribution in [3.63, 3.8) is 0 Å². The molecule has 1 aromatic carbocycles. The number of hydrogen-bond donors (Lipinski definition) is 0. The van der Waals surface area contributed by atoms with Crippen LogP contribution in [0, 0.1) is 13.8 Å². The number of rotatable bonds is 1. The molecule has 0 radical (unpaired) electrons. The molecule has 0 bridgehead atoms. The molecule has 0 atom stereocenters. The third kappa shape index (κ3) is 2.50. The van der Waals surface area contributed by atoms with Crippen molar-refractivity contribution in [1.29, 1.82) is 0 Å². The van der Waals surface area contributed by atoms with Crippen LogP contribution >= 0.6 is 0 Å². The minimum absolute atomic E-state index is 0.0460. The van der Waals surface area contributed by atoms with E-state index in [-0.39, 0.29) is 11.3 Å². The highest BCUT2D eigenvalue weighted by Crippen LogP contribution is 2.46. The molecule has 1 saturated heterocycles. The van der Waals surface area contributed by atoms with Gasteiger partial charge < -0.3 is 4.90 Å². The lowest BCUT2D eigenvalue weighted by atomic mass is 9.74. The van der Waals surface area contributed by atoms with Crippen molar-refractivity contribution in [2.75, 3.05) is 13.1 Å². The van der Waals surface area contributed by atoms with Crippen LogP contribution in [0.1, 0.15) is 52.4 Å². The van der Waals surface area contributed by atoms with E-state index in [1.807, 2.05) is 18.7 Å². The van der Waals surface area contributed by atoms with Crippen LogP contribution in [0.4, 0.5) is 0 Å². The maximum Gasteiger partial charge on any atom is 0.272 e. The van der Waals surface area contributed by atoms with Crippen LogP contribution in [-0.4, -0.2) is 33.9 Å². The van der Waals surface area contributed by atoms with Gasteiger partial charge in [0.1, 0.15) is 11.5 Å². The fraction of sp³-hybridized carbons (Fsp3) is 0.450. The molecule has 1 aliphatic heterocycles. The predicted octanol–water partition coefficient (Wildman–Crippen LogP) is 3.21. The van der Waals surface area contributed by atoms with Gasteiger partial charge in [-0.15, -0.1) is 0 Å². The third-order valence-electron chi connectivity index (χ3n) is 5.65. The van der Waals surface area contributed by atoms with E-state index in [2.05, 4.69) is 34.2 Å². The van der Waals surface area contributed by atoms with Crippen molar-refractivity contribution in [2.24, 2.45) is 0 Å². The van der Waals surface area contributed by atoms with Crippen molar-refractivity contribution in [2.45, 2.75) is 44.9 Å². The number of fused-ring (bicyclic) bond motifs is 2. The quantitative estimate of drug-likeness (QED) is 0.810. The van der Waals surface area contributed by atoms with Gasteiger partial charge in [-0.2, -0.15) is 0 Å². The molecular weight excluding hydrogens is 298 g/mol. The maximum atomic E-state index is 12.8. The minimum Gasteiger partial charge on any atom is -0.337 e. The summed E-state index contributed by atoms with van der Waals surface area (Å²) in [6.07, 6.45) is 4.51. The Morgan fingerprint density at radius 3 is 2.58 bits per heavy atom. The molecule has 1 amide bonds. The van der Waals surface area contributed by atoms with E-state index >= 15 is 0 Å². The summed E-state index contributed by atoms with van der Waals surface area (Å²) >= 11 is 0. The number of nitrogens with zero attached hydrogens (tertiary/aromatic N) is 3. The van der Waals surface area contributed by atoms with Gasteiger partial charge in [0.25, 0.3) is 5.91 Å². The Balaban J connectivity index is 1.52. The molecule has 1 spiro atoms. The number of benzene rings is 1. The predicted molar refractivity (Wildman–Crippen MR) is 93.1 cm³/mol. The third-order valence-corrected chi connectivity index (χ3v) is 5.65. The Hall–Kier alpha value is -2.23. The van der Waals surface area contributed by atoms with Crippen LogP contribution < -0.4 is 0 Å². The van der Waals surface area contributed by atoms with Crippen LogP contribution in [0.3, 0.4) is 0 Å². The second-order valence-electron chi connectivity index (χ2n) is 7.17. The standard InChI is InChI=1S/C20H23N3O/c1-14-13-18(22-15(2)21-14)19(24)23-11-9-20(10-12-23)8-7-16-5-3-4-6-17(16)20/h3-6,13H,7-12H2,1-2H3. The van der Waals surface area contributed by atoms with Gasteiger partial charge in [0.15, 0.2) is 0 Å². The molecule has 2 aliphatic rings. The van der Waals surface area contributed by atoms with Gasteiger partial charge >= 0.3 is 0 Å². The van der Waals surface area contributed by atoms with Gasteiger partial charge in [0.2, 0.25) is 0 Å². The molecule has 2 heterocycles. The normalized spacial score (nSPS) is 18.7. The van der Waals surface area contributed by atoms with E-state index in [9.17, 15) is 4.79 Å². The number of hydrogen-bond acceptors (Lipinski definition) is 3. The van der Waals surface area contributed by atoms with E-state index in [0.29, 0.717) is 11.5 Å². The highest BCUT2D eigenvalue weighted by atomic mass is 16.2. The van der Waals surface area contributed by atoms with Crippen molar-refractivity contribution in [3.8, 4) is 0 Å². The van der Waals surface area contributed by atoms with Gasteiger partial charge in [0, 0.05) is 18.8 Å². The van der Waals surface area contributed by atoms with Crippen LogP contribution in [0.15, 0.2) is 30.3 Å². The maximum absolute atomic E-state index is 12.8. The van der Waals surface area contributed by atoms with Gasteiger partial charge in [-0.05, 0) is 62.1 Å². The Bertz CT molecular complexity index is 771. The lowest BCUT2D eigenvalue weighted by molar-refractivity contribution is 0.0659. The van der Waals surface area contributed by atoms with Crippen molar-refractivity contribution < 1.29 is 4.79 Å². The number of aromatic nitrogens is 2. The molecule has 24 heavy (non-hydrogen) atoms. The second kappa shape index (κ2) is 5.69. The molecule has 2 aromatic rings. The smallest absolute Gasteiger partial charge is 0.272 e. The zero-order chi connectivity index (χ0) is 16.7. The zero-order valence-electron chi connectivity index (χ0n) is 14.4. The molecule has 1 aromatic heterocycles. The molecule has 1 fully saturated rings. The van der Waals surface area contributed by atoms with E-state index < -0.39 is 0 Å². The van der Waals surface area contributed by atoms with E-state index in [1.54, 1.807) is 6.07 Å². The first kappa shape index (κ1) is 15.3. The molecule has 4 nitrogen and oxygen atoms in total. The number of likely N-dealkylation sites (tertiary alicyclic amines) is 1. The van der Waals surface area contributed by atoms with Crippen LogP contribution in [0.5, 0.6) is 0 Å². The summed E-state index contributed by atoms with van der Waals surface area (Å²) in [7, 11) is 0. The summed E-state index contributed by atoms with van der Waals surface area (Å²) in [4.78, 5) is 23.3. The summed E-state index contributed by atoms with van der Waals surface area (Å²) in [5, 5.41) is 0. The molecule has 0 saturated carbocycles. The van der Waals surface area contributed by atoms with Gasteiger partial charge in [-0.25, -0.2) is 9.97 Å². The highest BCUT2D eigenvalue weighted by Gasteiger charge is 2.41. The van der Waals surface area contributed by atoms with Crippen molar-refractivity contribution in [3.05, 3.63) is 58.7 Å². The Morgan fingerprint density at radius 1 is 1.08 bits per heavy atom. The molecule has 0 unspecified atom stereocenters. The van der Waals surface area contributed by atoms with Crippen molar-refractivity contribution in [1.82, 2.24) is 14.9 Å². The molecule has 0 N–H and O–H groups in total. The number of carbonyl (C=O) groups is 1. The van der Waals surface area contributed by atoms with Gasteiger partial charge in [-0.3, -0.25) is 4.79 Å². The van der Waals surface area contributed by atoms with Crippen LogP contribution in [-0.2, 0) is 11.8 Å². The fourth-order valence-corrected chi connectivity index (χ4v) is 4.41. The molecule has 4 heteroatoms. The fourth-order valence-electron chi connectivity index (χ4n) is 4.41. The van der Waals surface area contributed by atoms with Crippen LogP contribution in [0.2, 0.25) is 0 Å². The largest absolute Gasteiger partial charge is 0.337 e. The monoisotopic (exact) mass is 321 g/mol. The molecule has 4 rings (SSSR count). The SMILES string of the molecule is Cc1cc(C(=O)N2CCC3(CCc4ccccc43)CC2)nc(C)n1. The average molecular weight is 321 g/mol. The highest BCUT2D eigenvalue weighted by molar-refractivity contribution is 5.92. The van der Waals surface area contributed by atoms with E-state index in [4.69, 9.17) is 0 Å². The minimum atomic E-state index is 0.0460. The summed E-state index contributed by atoms with van der Waals surface area (Å²) in [5.41, 5.74) is 4.68. The van der Waals surface area contributed by atoms with E-state index in [1.165, 1.54) is 24.0 Å². The van der Waals surface area contributed by atoms with Gasteiger partial charge in [0.05, 0.1) is 0 Å². The Labute approximate surface area is 142 Å². The van der Waals surface area contributed by atoms with Crippen LogP contribution in [0.25, 0.3) is 0 Å². The Kier molecular flexibility index (Phi) is 3.63. The first-order chi connectivity index (χ1) is 11.6. The number of piperidine rings is 1. The first-order valence-corrected chi connectivity index (χ1v) is 8.77.